The maximum Gasteiger partial charge on any atom is 0.484 e. The Balaban J connectivity index is 5.45. The van der Waals surface area contributed by atoms with Gasteiger partial charge in [0.05, 0.1) is 17.3 Å². The summed E-state index contributed by atoms with van der Waals surface area (Å²) in [7, 11) is -4.09. The van der Waals surface area contributed by atoms with Gasteiger partial charge in [-0.05, 0) is 99.8 Å². The highest BCUT2D eigenvalue weighted by Gasteiger charge is 2.36. The highest BCUT2D eigenvalue weighted by molar-refractivity contribution is 7.48. The Hall–Kier alpha value is -1.27. The normalized spacial score (nSPS) is 16.0. The van der Waals surface area contributed by atoms with Gasteiger partial charge in [-0.3, -0.25) is 0 Å². The first kappa shape index (κ1) is 27.7. The van der Waals surface area contributed by atoms with Gasteiger partial charge in [0.15, 0.2) is 0 Å². The zero-order valence-corrected chi connectivity index (χ0v) is 20.9. The van der Waals surface area contributed by atoms with Gasteiger partial charge in [-0.1, -0.05) is 0 Å². The number of phosphoric ester groups is 1. The maximum atomic E-state index is 13.3. The second kappa shape index (κ2) is 12.4. The van der Waals surface area contributed by atoms with E-state index >= 15 is 0 Å². The lowest BCUT2D eigenvalue weighted by atomic mass is 10.3. The summed E-state index contributed by atoms with van der Waals surface area (Å²) in [5.74, 6) is 2.00. The fourth-order valence-electron chi connectivity index (χ4n) is 1.78. The van der Waals surface area contributed by atoms with Crippen LogP contribution in [0, 0.1) is 0 Å². The predicted molar refractivity (Wildman–Crippen MR) is 115 cm³/mol. The van der Waals surface area contributed by atoms with Crippen LogP contribution in [0.5, 0.6) is 0 Å². The number of hydrogen-bond donors (Lipinski definition) is 0. The van der Waals surface area contributed by atoms with E-state index in [1.54, 1.807) is 41.5 Å². The minimum atomic E-state index is -4.09. The summed E-state index contributed by atoms with van der Waals surface area (Å²) in [4.78, 5) is 0. The van der Waals surface area contributed by atoms with Crippen LogP contribution >= 0.6 is 7.82 Å². The first-order valence-corrected chi connectivity index (χ1v) is 11.2. The molecule has 0 saturated heterocycles. The lowest BCUT2D eigenvalue weighted by molar-refractivity contribution is -0.122. The molecule has 3 atom stereocenters. The summed E-state index contributed by atoms with van der Waals surface area (Å²) < 4.78 is 46.9. The SMILES string of the molecule is CC(C)=C(C)OC(C)OP(=O)(OC(C)OC(C)=C(C)C)OC(C)OC(C)=C(C)C. The van der Waals surface area contributed by atoms with Crippen molar-refractivity contribution in [3.63, 3.8) is 0 Å². The van der Waals surface area contributed by atoms with Crippen molar-refractivity contribution in [3.05, 3.63) is 34.0 Å². The van der Waals surface area contributed by atoms with Crippen LogP contribution in [0.2, 0.25) is 0 Å². The molecule has 0 aliphatic heterocycles. The average molecular weight is 435 g/mol. The van der Waals surface area contributed by atoms with Crippen LogP contribution in [0.1, 0.15) is 83.1 Å². The molecule has 0 heterocycles. The smallest absolute Gasteiger partial charge is 0.469 e. The summed E-state index contributed by atoms with van der Waals surface area (Å²) in [6, 6.07) is 0. The number of allylic oxidation sites excluding steroid dienone is 6. The second-order valence-electron chi connectivity index (χ2n) is 7.49. The Morgan fingerprint density at radius 1 is 0.517 bits per heavy atom. The Morgan fingerprint density at radius 3 is 0.897 bits per heavy atom. The molecule has 0 fully saturated rings. The Labute approximate surface area is 176 Å². The van der Waals surface area contributed by atoms with Crippen molar-refractivity contribution in [2.75, 3.05) is 0 Å². The molecule has 0 aromatic heterocycles. The van der Waals surface area contributed by atoms with Gasteiger partial charge in [0.25, 0.3) is 0 Å². The van der Waals surface area contributed by atoms with Crippen LogP contribution in [0.15, 0.2) is 34.0 Å². The number of rotatable bonds is 12. The van der Waals surface area contributed by atoms with Crippen LogP contribution in [-0.4, -0.2) is 18.9 Å². The first-order valence-electron chi connectivity index (χ1n) is 9.74. The maximum absolute atomic E-state index is 13.3. The third-order valence-corrected chi connectivity index (χ3v) is 5.64. The van der Waals surface area contributed by atoms with Gasteiger partial charge >= 0.3 is 7.82 Å². The molecule has 0 amide bonds. The summed E-state index contributed by atoms with van der Waals surface area (Å²) in [5.41, 5.74) is 2.93. The van der Waals surface area contributed by atoms with Crippen molar-refractivity contribution in [2.45, 2.75) is 102 Å². The molecule has 0 aliphatic rings. The Kier molecular flexibility index (Phi) is 11.9. The molecular weight excluding hydrogens is 395 g/mol. The van der Waals surface area contributed by atoms with E-state index in [1.807, 2.05) is 41.5 Å². The zero-order valence-electron chi connectivity index (χ0n) is 20.0. The molecule has 0 bridgehead atoms. The van der Waals surface area contributed by atoms with E-state index in [0.717, 1.165) is 16.7 Å². The molecule has 0 rings (SSSR count). The largest absolute Gasteiger partial charge is 0.484 e. The lowest BCUT2D eigenvalue weighted by Crippen LogP contribution is -2.21. The van der Waals surface area contributed by atoms with E-state index in [1.165, 1.54) is 0 Å². The number of hydrogen-bond acceptors (Lipinski definition) is 7. The standard InChI is InChI=1S/C21H39O7P/c1-13(2)16(7)23-19(10)26-29(22,27-20(11)24-17(8)14(3)4)28-21(12)25-18(9)15(5)6/h19-21H,1-12H3. The third kappa shape index (κ3) is 11.5. The van der Waals surface area contributed by atoms with Gasteiger partial charge in [0.1, 0.15) is 0 Å². The van der Waals surface area contributed by atoms with Crippen molar-refractivity contribution < 1.29 is 32.3 Å². The predicted octanol–water partition coefficient (Wildman–Crippen LogP) is 7.17. The minimum Gasteiger partial charge on any atom is -0.469 e. The average Bonchev–Trinajstić information content (AvgIpc) is 2.52. The van der Waals surface area contributed by atoms with E-state index in [4.69, 9.17) is 27.8 Å². The molecule has 0 aromatic rings. The molecule has 7 nitrogen and oxygen atoms in total. The highest BCUT2D eigenvalue weighted by atomic mass is 31.2. The molecule has 0 aliphatic carbocycles. The number of phosphoric acid groups is 1. The van der Waals surface area contributed by atoms with Crippen LogP contribution in [0.25, 0.3) is 0 Å². The molecule has 29 heavy (non-hydrogen) atoms. The Bertz CT molecular complexity index is 576. The molecule has 3 unspecified atom stereocenters. The Morgan fingerprint density at radius 2 is 0.724 bits per heavy atom. The monoisotopic (exact) mass is 434 g/mol. The minimum absolute atomic E-state index is 0.665. The van der Waals surface area contributed by atoms with Crippen molar-refractivity contribution in [1.29, 1.82) is 0 Å². The summed E-state index contributed by atoms with van der Waals surface area (Å²) in [6.45, 7) is 21.7. The molecule has 170 valence electrons. The van der Waals surface area contributed by atoms with Gasteiger partial charge in [0.2, 0.25) is 18.9 Å². The fraction of sp³-hybridized carbons (Fsp3) is 0.714. The molecular formula is C21H39O7P. The van der Waals surface area contributed by atoms with Crippen molar-refractivity contribution in [1.82, 2.24) is 0 Å². The summed E-state index contributed by atoms with van der Waals surface area (Å²) in [6.07, 6.45) is -2.61. The van der Waals surface area contributed by atoms with Gasteiger partial charge in [0, 0.05) is 0 Å². The van der Waals surface area contributed by atoms with Crippen LogP contribution < -0.4 is 0 Å². The fourth-order valence-corrected chi connectivity index (χ4v) is 3.15. The summed E-state index contributed by atoms with van der Waals surface area (Å²) >= 11 is 0. The van der Waals surface area contributed by atoms with Crippen molar-refractivity contribution in [2.24, 2.45) is 0 Å². The van der Waals surface area contributed by atoms with Crippen molar-refractivity contribution in [3.8, 4) is 0 Å². The van der Waals surface area contributed by atoms with E-state index in [-0.39, 0.29) is 0 Å². The van der Waals surface area contributed by atoms with E-state index in [0.29, 0.717) is 17.3 Å². The topological polar surface area (TPSA) is 72.5 Å². The van der Waals surface area contributed by atoms with Gasteiger partial charge in [-0.15, -0.1) is 0 Å². The van der Waals surface area contributed by atoms with E-state index < -0.39 is 26.7 Å². The van der Waals surface area contributed by atoms with E-state index in [2.05, 4.69) is 0 Å². The summed E-state index contributed by atoms with van der Waals surface area (Å²) in [5, 5.41) is 0. The molecule has 0 spiro atoms. The van der Waals surface area contributed by atoms with Gasteiger partial charge in [-0.2, -0.15) is 0 Å². The van der Waals surface area contributed by atoms with Crippen LogP contribution in [0.4, 0.5) is 0 Å². The van der Waals surface area contributed by atoms with Gasteiger partial charge < -0.3 is 14.2 Å². The van der Waals surface area contributed by atoms with Crippen LogP contribution in [0.3, 0.4) is 0 Å². The highest BCUT2D eigenvalue weighted by Crippen LogP contribution is 2.53. The molecule has 0 saturated carbocycles. The molecule has 0 N–H and O–H groups in total. The first-order chi connectivity index (χ1) is 13.2. The van der Waals surface area contributed by atoms with Crippen LogP contribution in [-0.2, 0) is 32.3 Å². The lowest BCUT2D eigenvalue weighted by Gasteiger charge is -2.28. The third-order valence-electron chi connectivity index (χ3n) is 3.97. The molecule has 8 heteroatoms. The van der Waals surface area contributed by atoms with Crippen molar-refractivity contribution >= 4 is 7.82 Å². The second-order valence-corrected chi connectivity index (χ2v) is 9.02. The van der Waals surface area contributed by atoms with E-state index in [9.17, 15) is 4.57 Å². The molecule has 0 radical (unpaired) electrons. The zero-order chi connectivity index (χ0) is 22.9. The number of ether oxygens (including phenoxy) is 3. The van der Waals surface area contributed by atoms with Gasteiger partial charge in [-0.25, -0.2) is 18.1 Å². The quantitative estimate of drug-likeness (QED) is 0.183. The molecule has 0 aromatic carbocycles.